The SMILES string of the molecule is Cc1cnc(-c2cc(OCC3COCC(=O)N3)cc(C(=O)N[C@H](C)c3cnc(C(F)(F)F)nc3)c2)s1. The minimum atomic E-state index is -4.65. The van der Waals surface area contributed by atoms with Crippen LogP contribution in [0.1, 0.15) is 39.6 Å². The Morgan fingerprint density at radius 1 is 1.25 bits per heavy atom. The summed E-state index contributed by atoms with van der Waals surface area (Å²) in [5.74, 6) is -1.58. The van der Waals surface area contributed by atoms with Gasteiger partial charge in [0.05, 0.1) is 18.7 Å². The number of amides is 2. The van der Waals surface area contributed by atoms with Crippen molar-refractivity contribution in [2.75, 3.05) is 19.8 Å². The molecule has 0 bridgehead atoms. The number of hydrogen-bond acceptors (Lipinski definition) is 8. The number of ether oxygens (including phenoxy) is 2. The Labute approximate surface area is 208 Å². The van der Waals surface area contributed by atoms with E-state index in [-0.39, 0.29) is 30.7 Å². The number of carbonyl (C=O) groups excluding carboxylic acids is 2. The molecule has 0 saturated carbocycles. The topological polar surface area (TPSA) is 115 Å². The first-order valence-electron chi connectivity index (χ1n) is 10.9. The highest BCUT2D eigenvalue weighted by atomic mass is 32.1. The smallest absolute Gasteiger partial charge is 0.451 e. The molecule has 1 aliphatic heterocycles. The van der Waals surface area contributed by atoms with Crippen molar-refractivity contribution in [3.05, 3.63) is 58.6 Å². The molecule has 1 unspecified atom stereocenters. The highest BCUT2D eigenvalue weighted by molar-refractivity contribution is 7.14. The van der Waals surface area contributed by atoms with Crippen LogP contribution in [0.25, 0.3) is 10.6 Å². The molecule has 1 aliphatic rings. The van der Waals surface area contributed by atoms with Crippen molar-refractivity contribution in [3.63, 3.8) is 0 Å². The van der Waals surface area contributed by atoms with Crippen molar-refractivity contribution in [3.8, 4) is 16.3 Å². The van der Waals surface area contributed by atoms with Crippen LogP contribution < -0.4 is 15.4 Å². The minimum Gasteiger partial charge on any atom is -0.491 e. The predicted molar refractivity (Wildman–Crippen MR) is 123 cm³/mol. The Morgan fingerprint density at radius 3 is 2.64 bits per heavy atom. The lowest BCUT2D eigenvalue weighted by molar-refractivity contribution is -0.145. The van der Waals surface area contributed by atoms with Gasteiger partial charge >= 0.3 is 6.18 Å². The fraction of sp³-hybridized carbons (Fsp3) is 0.348. The summed E-state index contributed by atoms with van der Waals surface area (Å²) in [5, 5.41) is 6.20. The van der Waals surface area contributed by atoms with Crippen LogP contribution in [-0.2, 0) is 15.7 Å². The Bertz CT molecular complexity index is 1250. The van der Waals surface area contributed by atoms with Crippen molar-refractivity contribution >= 4 is 23.2 Å². The summed E-state index contributed by atoms with van der Waals surface area (Å²) in [7, 11) is 0. The summed E-state index contributed by atoms with van der Waals surface area (Å²) in [6.45, 7) is 3.96. The molecule has 190 valence electrons. The number of alkyl halides is 3. The van der Waals surface area contributed by atoms with Gasteiger partial charge in [-0.25, -0.2) is 15.0 Å². The molecule has 2 amide bonds. The molecule has 3 aromatic rings. The van der Waals surface area contributed by atoms with Gasteiger partial charge in [-0.3, -0.25) is 9.59 Å². The quantitative estimate of drug-likeness (QED) is 0.490. The second-order valence-corrected chi connectivity index (χ2v) is 9.38. The second kappa shape index (κ2) is 10.6. The number of halogens is 3. The highest BCUT2D eigenvalue weighted by Gasteiger charge is 2.34. The van der Waals surface area contributed by atoms with Crippen LogP contribution in [0.3, 0.4) is 0 Å². The van der Waals surface area contributed by atoms with Crippen LogP contribution in [0.5, 0.6) is 5.75 Å². The molecule has 36 heavy (non-hydrogen) atoms. The lowest BCUT2D eigenvalue weighted by Gasteiger charge is -2.23. The Balaban J connectivity index is 1.53. The standard InChI is InChI=1S/C23H22F3N5O4S/c1-12-6-27-21(36-12)15-3-14(4-18(5-15)35-10-17-9-34-11-19(32)31-17)20(33)30-13(2)16-7-28-22(29-8-16)23(24,25)26/h3-8,13,17H,9-11H2,1-2H3,(H,30,33)(H,31,32)/t13-,17?/m1/s1. The molecule has 9 nitrogen and oxygen atoms in total. The first kappa shape index (κ1) is 25.5. The summed E-state index contributed by atoms with van der Waals surface area (Å²) >= 11 is 1.45. The van der Waals surface area contributed by atoms with E-state index in [4.69, 9.17) is 9.47 Å². The average Bonchev–Trinajstić information content (AvgIpc) is 3.28. The van der Waals surface area contributed by atoms with Crippen molar-refractivity contribution < 1.29 is 32.2 Å². The van der Waals surface area contributed by atoms with E-state index in [1.165, 1.54) is 11.3 Å². The molecular weight excluding hydrogens is 499 g/mol. The van der Waals surface area contributed by atoms with Crippen LogP contribution in [0.2, 0.25) is 0 Å². The fourth-order valence-corrected chi connectivity index (χ4v) is 4.14. The number of hydrogen-bond donors (Lipinski definition) is 2. The maximum Gasteiger partial charge on any atom is 0.451 e. The molecule has 1 fully saturated rings. The molecule has 0 radical (unpaired) electrons. The molecule has 2 atom stereocenters. The number of benzene rings is 1. The third kappa shape index (κ3) is 6.34. The molecular formula is C23H22F3N5O4S. The molecule has 2 aromatic heterocycles. The molecule has 0 spiro atoms. The van der Waals surface area contributed by atoms with E-state index in [1.54, 1.807) is 31.3 Å². The van der Waals surface area contributed by atoms with Gasteiger partial charge in [-0.2, -0.15) is 13.2 Å². The first-order valence-corrected chi connectivity index (χ1v) is 11.7. The normalized spacial score (nSPS) is 16.8. The van der Waals surface area contributed by atoms with E-state index in [1.807, 2.05) is 6.92 Å². The number of nitrogens with one attached hydrogen (secondary N) is 2. The van der Waals surface area contributed by atoms with Crippen molar-refractivity contribution in [1.82, 2.24) is 25.6 Å². The summed E-state index contributed by atoms with van der Waals surface area (Å²) in [5.41, 5.74) is 1.23. The minimum absolute atomic E-state index is 0.00184. The van der Waals surface area contributed by atoms with Gasteiger partial charge in [0.2, 0.25) is 11.7 Å². The van der Waals surface area contributed by atoms with E-state index >= 15 is 0 Å². The van der Waals surface area contributed by atoms with Gasteiger partial charge in [0.15, 0.2) is 0 Å². The number of aryl methyl sites for hydroxylation is 1. The number of aromatic nitrogens is 3. The zero-order chi connectivity index (χ0) is 25.9. The van der Waals surface area contributed by atoms with Crippen LogP contribution in [0.15, 0.2) is 36.8 Å². The zero-order valence-electron chi connectivity index (χ0n) is 19.3. The van der Waals surface area contributed by atoms with Gasteiger partial charge in [0.1, 0.15) is 24.0 Å². The van der Waals surface area contributed by atoms with E-state index in [0.717, 1.165) is 17.3 Å². The summed E-state index contributed by atoms with van der Waals surface area (Å²) in [4.78, 5) is 36.6. The Kier molecular flexibility index (Phi) is 7.50. The molecule has 1 aromatic carbocycles. The van der Waals surface area contributed by atoms with Crippen molar-refractivity contribution in [1.29, 1.82) is 0 Å². The van der Waals surface area contributed by atoms with Crippen molar-refractivity contribution in [2.45, 2.75) is 32.1 Å². The van der Waals surface area contributed by atoms with E-state index < -0.39 is 23.9 Å². The summed E-state index contributed by atoms with van der Waals surface area (Å²) < 4.78 is 49.3. The van der Waals surface area contributed by atoms with E-state index in [2.05, 4.69) is 25.6 Å². The van der Waals surface area contributed by atoms with Gasteiger partial charge in [0, 0.05) is 40.2 Å². The number of thiazole rings is 1. The predicted octanol–water partition coefficient (Wildman–Crippen LogP) is 3.31. The average molecular weight is 522 g/mol. The van der Waals surface area contributed by atoms with Gasteiger partial charge in [-0.05, 0) is 32.0 Å². The van der Waals surface area contributed by atoms with Crippen LogP contribution >= 0.6 is 11.3 Å². The van der Waals surface area contributed by atoms with Crippen LogP contribution in [0, 0.1) is 6.92 Å². The molecule has 1 saturated heterocycles. The number of carbonyl (C=O) groups is 2. The molecule has 4 rings (SSSR count). The molecule has 13 heteroatoms. The molecule has 2 N–H and O–H groups in total. The number of rotatable bonds is 7. The summed E-state index contributed by atoms with van der Waals surface area (Å²) in [6, 6.07) is 3.94. The van der Waals surface area contributed by atoms with Gasteiger partial charge in [-0.1, -0.05) is 0 Å². The second-order valence-electron chi connectivity index (χ2n) is 8.15. The van der Waals surface area contributed by atoms with Gasteiger partial charge in [-0.15, -0.1) is 11.3 Å². The lowest BCUT2D eigenvalue weighted by atomic mass is 10.1. The van der Waals surface area contributed by atoms with Gasteiger partial charge < -0.3 is 20.1 Å². The Morgan fingerprint density at radius 2 is 2.00 bits per heavy atom. The molecule has 0 aliphatic carbocycles. The fourth-order valence-electron chi connectivity index (χ4n) is 3.39. The number of nitrogens with zero attached hydrogens (tertiary/aromatic N) is 3. The first-order chi connectivity index (χ1) is 17.1. The molecule has 3 heterocycles. The Hall–Kier alpha value is -3.58. The summed E-state index contributed by atoms with van der Waals surface area (Å²) in [6.07, 6.45) is -0.868. The van der Waals surface area contributed by atoms with E-state index in [9.17, 15) is 22.8 Å². The third-order valence-electron chi connectivity index (χ3n) is 5.18. The highest BCUT2D eigenvalue weighted by Crippen LogP contribution is 2.30. The maximum atomic E-state index is 13.1. The van der Waals surface area contributed by atoms with Crippen molar-refractivity contribution in [2.24, 2.45) is 0 Å². The monoisotopic (exact) mass is 521 g/mol. The van der Waals surface area contributed by atoms with Gasteiger partial charge in [0.25, 0.3) is 5.91 Å². The lowest BCUT2D eigenvalue weighted by Crippen LogP contribution is -2.48. The van der Waals surface area contributed by atoms with E-state index in [0.29, 0.717) is 28.5 Å². The maximum absolute atomic E-state index is 13.1. The zero-order valence-corrected chi connectivity index (χ0v) is 20.1. The largest absolute Gasteiger partial charge is 0.491 e. The third-order valence-corrected chi connectivity index (χ3v) is 6.14. The number of morpholine rings is 1. The van der Waals surface area contributed by atoms with Crippen LogP contribution in [0.4, 0.5) is 13.2 Å². The van der Waals surface area contributed by atoms with Crippen LogP contribution in [-0.4, -0.2) is 52.6 Å².